The Balaban J connectivity index is 1.87. The van der Waals surface area contributed by atoms with Gasteiger partial charge in [0.05, 0.1) is 5.69 Å². The molecular formula is C18H14ClNOS. The van der Waals surface area contributed by atoms with Crippen molar-refractivity contribution in [3.8, 4) is 10.6 Å². The lowest BCUT2D eigenvalue weighted by Crippen LogP contribution is -2.01. The number of aliphatic hydroxyl groups is 1. The fourth-order valence-corrected chi connectivity index (χ4v) is 3.25. The molecule has 110 valence electrons. The van der Waals surface area contributed by atoms with Crippen molar-refractivity contribution in [2.24, 2.45) is 0 Å². The highest BCUT2D eigenvalue weighted by Crippen LogP contribution is 2.34. The van der Waals surface area contributed by atoms with E-state index < -0.39 is 6.10 Å². The van der Waals surface area contributed by atoms with Gasteiger partial charge in [-0.25, -0.2) is 4.98 Å². The van der Waals surface area contributed by atoms with Gasteiger partial charge in [0.2, 0.25) is 0 Å². The molecule has 22 heavy (non-hydrogen) atoms. The summed E-state index contributed by atoms with van der Waals surface area (Å²) in [6.07, 6.45) is -0.862. The van der Waals surface area contributed by atoms with E-state index >= 15 is 0 Å². The summed E-state index contributed by atoms with van der Waals surface area (Å²) in [6, 6.07) is 17.2. The minimum absolute atomic E-state index is 0.523. The van der Waals surface area contributed by atoms with Crippen LogP contribution in [0.25, 0.3) is 16.1 Å². The van der Waals surface area contributed by atoms with Crippen molar-refractivity contribution in [3.05, 3.63) is 82.8 Å². The first-order chi connectivity index (χ1) is 10.7. The predicted molar refractivity (Wildman–Crippen MR) is 93.0 cm³/mol. The standard InChI is InChI=1S/C18H14ClNOS/c1-12(17(21)14-9-5-6-10-15(14)19)16-11-22-18(20-16)13-7-3-2-4-8-13/h2-11,17,21H,1H2. The SMILES string of the molecule is C=C(c1csc(-c2ccccc2)n1)C(O)c1ccccc1Cl. The van der Waals surface area contributed by atoms with E-state index in [-0.39, 0.29) is 0 Å². The average molecular weight is 328 g/mol. The van der Waals surface area contributed by atoms with Crippen molar-refractivity contribution < 1.29 is 5.11 Å². The second kappa shape index (κ2) is 6.44. The predicted octanol–water partition coefficient (Wildman–Crippen LogP) is 5.21. The summed E-state index contributed by atoms with van der Waals surface area (Å²) in [5, 5.41) is 13.8. The molecule has 1 atom stereocenters. The van der Waals surface area contributed by atoms with Crippen LogP contribution in [0.15, 0.2) is 66.6 Å². The second-order valence-electron chi connectivity index (χ2n) is 4.85. The number of benzene rings is 2. The number of aromatic nitrogens is 1. The molecule has 0 radical (unpaired) electrons. The Hall–Kier alpha value is -1.94. The first-order valence-corrected chi connectivity index (χ1v) is 8.05. The molecule has 0 aliphatic heterocycles. The van der Waals surface area contributed by atoms with Gasteiger partial charge in [-0.3, -0.25) is 0 Å². The maximum Gasteiger partial charge on any atom is 0.124 e. The van der Waals surface area contributed by atoms with Crippen LogP contribution in [-0.4, -0.2) is 10.1 Å². The van der Waals surface area contributed by atoms with E-state index in [1.807, 2.05) is 47.8 Å². The van der Waals surface area contributed by atoms with Crippen molar-refractivity contribution >= 4 is 28.5 Å². The van der Waals surface area contributed by atoms with Crippen LogP contribution in [0.2, 0.25) is 5.02 Å². The zero-order valence-corrected chi connectivity index (χ0v) is 13.3. The number of hydrogen-bond acceptors (Lipinski definition) is 3. The van der Waals surface area contributed by atoms with Crippen molar-refractivity contribution in [2.75, 3.05) is 0 Å². The maximum absolute atomic E-state index is 10.5. The van der Waals surface area contributed by atoms with E-state index in [0.717, 1.165) is 10.6 Å². The van der Waals surface area contributed by atoms with Gasteiger partial charge in [-0.2, -0.15) is 0 Å². The highest BCUT2D eigenvalue weighted by atomic mass is 35.5. The molecule has 1 aromatic heterocycles. The normalized spacial score (nSPS) is 12.1. The third kappa shape index (κ3) is 2.97. The summed E-state index contributed by atoms with van der Waals surface area (Å²) >= 11 is 7.66. The highest BCUT2D eigenvalue weighted by molar-refractivity contribution is 7.13. The molecule has 0 aliphatic carbocycles. The summed E-state index contributed by atoms with van der Waals surface area (Å²) in [6.45, 7) is 3.98. The maximum atomic E-state index is 10.5. The van der Waals surface area contributed by atoms with Gasteiger partial charge in [-0.1, -0.05) is 66.7 Å². The fraction of sp³-hybridized carbons (Fsp3) is 0.0556. The lowest BCUT2D eigenvalue weighted by molar-refractivity contribution is 0.238. The Morgan fingerprint density at radius 1 is 1.09 bits per heavy atom. The van der Waals surface area contributed by atoms with Crippen LogP contribution >= 0.6 is 22.9 Å². The quantitative estimate of drug-likeness (QED) is 0.713. The Morgan fingerprint density at radius 2 is 1.77 bits per heavy atom. The van der Waals surface area contributed by atoms with Gasteiger partial charge in [-0.15, -0.1) is 11.3 Å². The number of halogens is 1. The summed E-state index contributed by atoms with van der Waals surface area (Å²) in [4.78, 5) is 4.57. The number of hydrogen-bond donors (Lipinski definition) is 1. The first kappa shape index (κ1) is 15.0. The first-order valence-electron chi connectivity index (χ1n) is 6.79. The molecule has 0 saturated carbocycles. The van der Waals surface area contributed by atoms with Crippen LogP contribution in [0.1, 0.15) is 17.4 Å². The minimum atomic E-state index is -0.862. The number of aliphatic hydroxyl groups excluding tert-OH is 1. The van der Waals surface area contributed by atoms with Crippen LogP contribution in [-0.2, 0) is 0 Å². The molecule has 4 heteroatoms. The molecule has 0 amide bonds. The zero-order chi connectivity index (χ0) is 15.5. The molecule has 2 nitrogen and oxygen atoms in total. The summed E-state index contributed by atoms with van der Waals surface area (Å²) in [5.41, 5.74) is 2.94. The van der Waals surface area contributed by atoms with Crippen LogP contribution < -0.4 is 0 Å². The highest BCUT2D eigenvalue weighted by Gasteiger charge is 2.18. The molecule has 0 fully saturated rings. The number of thiazole rings is 1. The van der Waals surface area contributed by atoms with Crippen LogP contribution in [0.4, 0.5) is 0 Å². The Morgan fingerprint density at radius 3 is 2.50 bits per heavy atom. The largest absolute Gasteiger partial charge is 0.384 e. The summed E-state index contributed by atoms with van der Waals surface area (Å²) in [5.74, 6) is 0. The molecule has 2 aromatic carbocycles. The molecule has 0 aliphatic rings. The molecular weight excluding hydrogens is 314 g/mol. The summed E-state index contributed by atoms with van der Waals surface area (Å²) in [7, 11) is 0. The monoisotopic (exact) mass is 327 g/mol. The second-order valence-corrected chi connectivity index (χ2v) is 6.12. The van der Waals surface area contributed by atoms with Crippen molar-refractivity contribution in [3.63, 3.8) is 0 Å². The van der Waals surface area contributed by atoms with Crippen LogP contribution in [0.3, 0.4) is 0 Å². The molecule has 0 spiro atoms. The average Bonchev–Trinajstić information content (AvgIpc) is 3.05. The van der Waals surface area contributed by atoms with E-state index in [1.54, 1.807) is 12.1 Å². The van der Waals surface area contributed by atoms with Gasteiger partial charge in [0, 0.05) is 27.1 Å². The Bertz CT molecular complexity index is 798. The molecule has 1 unspecified atom stereocenters. The fourth-order valence-electron chi connectivity index (χ4n) is 2.16. The lowest BCUT2D eigenvalue weighted by Gasteiger charge is -2.13. The van der Waals surface area contributed by atoms with E-state index in [4.69, 9.17) is 11.6 Å². The van der Waals surface area contributed by atoms with Crippen molar-refractivity contribution in [2.45, 2.75) is 6.10 Å². The van der Waals surface area contributed by atoms with Gasteiger partial charge in [0.15, 0.2) is 0 Å². The smallest absolute Gasteiger partial charge is 0.124 e. The van der Waals surface area contributed by atoms with Gasteiger partial charge < -0.3 is 5.11 Å². The third-order valence-electron chi connectivity index (χ3n) is 3.38. The zero-order valence-electron chi connectivity index (χ0n) is 11.7. The van der Waals surface area contributed by atoms with E-state index in [9.17, 15) is 5.11 Å². The van der Waals surface area contributed by atoms with E-state index in [0.29, 0.717) is 21.9 Å². The van der Waals surface area contributed by atoms with Crippen molar-refractivity contribution in [1.82, 2.24) is 4.98 Å². The Kier molecular flexibility index (Phi) is 4.39. The van der Waals surface area contributed by atoms with Gasteiger partial charge in [0.1, 0.15) is 11.1 Å². The minimum Gasteiger partial charge on any atom is -0.384 e. The van der Waals surface area contributed by atoms with Gasteiger partial charge in [0.25, 0.3) is 0 Å². The van der Waals surface area contributed by atoms with Crippen molar-refractivity contribution in [1.29, 1.82) is 0 Å². The summed E-state index contributed by atoms with van der Waals surface area (Å²) < 4.78 is 0. The number of rotatable bonds is 4. The lowest BCUT2D eigenvalue weighted by atomic mass is 10.0. The topological polar surface area (TPSA) is 33.1 Å². The molecule has 1 N–H and O–H groups in total. The molecule has 0 bridgehead atoms. The molecule has 0 saturated heterocycles. The molecule has 3 aromatic rings. The Labute approximate surface area is 138 Å². The third-order valence-corrected chi connectivity index (χ3v) is 4.62. The van der Waals surface area contributed by atoms with Gasteiger partial charge in [-0.05, 0) is 6.07 Å². The molecule has 1 heterocycles. The van der Waals surface area contributed by atoms with Crippen LogP contribution in [0.5, 0.6) is 0 Å². The number of nitrogens with zero attached hydrogens (tertiary/aromatic N) is 1. The molecule has 3 rings (SSSR count). The van der Waals surface area contributed by atoms with E-state index in [2.05, 4.69) is 11.6 Å². The van der Waals surface area contributed by atoms with Crippen LogP contribution in [0, 0.1) is 0 Å². The van der Waals surface area contributed by atoms with E-state index in [1.165, 1.54) is 11.3 Å². The van der Waals surface area contributed by atoms with Gasteiger partial charge >= 0.3 is 0 Å².